The summed E-state index contributed by atoms with van der Waals surface area (Å²) in [6.07, 6.45) is 1.16. The quantitative estimate of drug-likeness (QED) is 0.668. The van der Waals surface area contributed by atoms with Crippen molar-refractivity contribution in [1.29, 1.82) is 0 Å². The number of nitrogens with zero attached hydrogens (tertiary/aromatic N) is 2. The van der Waals surface area contributed by atoms with Crippen LogP contribution in [0.1, 0.15) is 18.2 Å². The zero-order chi connectivity index (χ0) is 11.5. The molecular weight excluding hydrogens is 238 g/mol. The number of thioether (sulfide) groups is 1. The van der Waals surface area contributed by atoms with Gasteiger partial charge < -0.3 is 5.32 Å². The van der Waals surface area contributed by atoms with Crippen molar-refractivity contribution >= 4 is 39.3 Å². The number of anilines is 1. The van der Waals surface area contributed by atoms with Crippen LogP contribution < -0.4 is 5.32 Å². The molecule has 0 aliphatic heterocycles. The number of thiophene rings is 1. The standard InChI is InChI=1S/C11H15N3S2/c1-4-5-15-9-8-6-7(2)16-10(8)14-11(12-3)13-9/h6H,4-5H2,1-3H3,(H,12,13,14). The summed E-state index contributed by atoms with van der Waals surface area (Å²) >= 11 is 3.53. The van der Waals surface area contributed by atoms with E-state index in [0.29, 0.717) is 5.95 Å². The summed E-state index contributed by atoms with van der Waals surface area (Å²) in [5.41, 5.74) is 0. The van der Waals surface area contributed by atoms with E-state index in [-0.39, 0.29) is 0 Å². The molecule has 1 N–H and O–H groups in total. The second-order valence-corrected chi connectivity index (χ2v) is 5.85. The van der Waals surface area contributed by atoms with Crippen molar-refractivity contribution in [2.75, 3.05) is 18.1 Å². The van der Waals surface area contributed by atoms with E-state index in [1.165, 1.54) is 10.3 Å². The van der Waals surface area contributed by atoms with Gasteiger partial charge in [0, 0.05) is 17.3 Å². The summed E-state index contributed by atoms with van der Waals surface area (Å²) in [5.74, 6) is 1.82. The first-order chi connectivity index (χ1) is 7.74. The molecule has 2 aromatic rings. The Labute approximate surface area is 104 Å². The maximum Gasteiger partial charge on any atom is 0.224 e. The SMILES string of the molecule is CCCSc1nc(NC)nc2sc(C)cc12. The van der Waals surface area contributed by atoms with Gasteiger partial charge in [0.05, 0.1) is 0 Å². The van der Waals surface area contributed by atoms with E-state index in [4.69, 9.17) is 0 Å². The van der Waals surface area contributed by atoms with Gasteiger partial charge >= 0.3 is 0 Å². The molecule has 0 spiro atoms. The molecule has 0 radical (unpaired) electrons. The van der Waals surface area contributed by atoms with Crippen molar-refractivity contribution in [2.24, 2.45) is 0 Å². The highest BCUT2D eigenvalue weighted by molar-refractivity contribution is 7.99. The van der Waals surface area contributed by atoms with Gasteiger partial charge in [-0.3, -0.25) is 0 Å². The molecule has 0 unspecified atom stereocenters. The number of rotatable bonds is 4. The number of fused-ring (bicyclic) bond motifs is 1. The van der Waals surface area contributed by atoms with E-state index < -0.39 is 0 Å². The molecule has 0 aromatic carbocycles. The molecule has 5 heteroatoms. The van der Waals surface area contributed by atoms with Crippen molar-refractivity contribution in [2.45, 2.75) is 25.3 Å². The zero-order valence-corrected chi connectivity index (χ0v) is 11.3. The molecule has 0 amide bonds. The van der Waals surface area contributed by atoms with E-state index in [1.807, 2.05) is 18.8 Å². The average Bonchev–Trinajstić information content (AvgIpc) is 2.65. The predicted octanol–water partition coefficient (Wildman–Crippen LogP) is 3.54. The zero-order valence-electron chi connectivity index (χ0n) is 9.70. The van der Waals surface area contributed by atoms with Crippen LogP contribution in [0, 0.1) is 6.92 Å². The molecule has 86 valence electrons. The van der Waals surface area contributed by atoms with E-state index in [1.54, 1.807) is 11.3 Å². The van der Waals surface area contributed by atoms with Crippen LogP contribution in [0.2, 0.25) is 0 Å². The van der Waals surface area contributed by atoms with Crippen LogP contribution in [0.25, 0.3) is 10.2 Å². The lowest BCUT2D eigenvalue weighted by molar-refractivity contribution is 1.07. The van der Waals surface area contributed by atoms with E-state index in [2.05, 4.69) is 35.2 Å². The fraction of sp³-hybridized carbons (Fsp3) is 0.455. The fourth-order valence-corrected chi connectivity index (χ4v) is 3.24. The predicted molar refractivity (Wildman–Crippen MR) is 72.7 cm³/mol. The Morgan fingerprint density at radius 3 is 2.94 bits per heavy atom. The first-order valence-electron chi connectivity index (χ1n) is 5.33. The van der Waals surface area contributed by atoms with Gasteiger partial charge in [0.15, 0.2) is 0 Å². The smallest absolute Gasteiger partial charge is 0.224 e. The Kier molecular flexibility index (Phi) is 3.66. The molecule has 0 fully saturated rings. The highest BCUT2D eigenvalue weighted by atomic mass is 32.2. The molecular formula is C11H15N3S2. The van der Waals surface area contributed by atoms with Gasteiger partial charge in [0.2, 0.25) is 5.95 Å². The average molecular weight is 253 g/mol. The van der Waals surface area contributed by atoms with E-state index in [9.17, 15) is 0 Å². The van der Waals surface area contributed by atoms with Crippen molar-refractivity contribution in [3.05, 3.63) is 10.9 Å². The van der Waals surface area contributed by atoms with Gasteiger partial charge in [0.25, 0.3) is 0 Å². The van der Waals surface area contributed by atoms with Crippen molar-refractivity contribution in [3.8, 4) is 0 Å². The highest BCUT2D eigenvalue weighted by Crippen LogP contribution is 2.32. The fourth-order valence-electron chi connectivity index (χ4n) is 1.44. The third-order valence-corrected chi connectivity index (χ3v) is 4.29. The summed E-state index contributed by atoms with van der Waals surface area (Å²) in [7, 11) is 1.86. The number of aromatic nitrogens is 2. The summed E-state index contributed by atoms with van der Waals surface area (Å²) in [4.78, 5) is 11.4. The minimum atomic E-state index is 0.716. The van der Waals surface area contributed by atoms with Gasteiger partial charge in [-0.05, 0) is 25.2 Å². The van der Waals surface area contributed by atoms with Crippen LogP contribution in [-0.4, -0.2) is 22.8 Å². The number of hydrogen-bond acceptors (Lipinski definition) is 5. The molecule has 0 atom stereocenters. The van der Waals surface area contributed by atoms with Crippen LogP contribution in [0.3, 0.4) is 0 Å². The molecule has 3 nitrogen and oxygen atoms in total. The second kappa shape index (κ2) is 5.01. The molecule has 2 aromatic heterocycles. The molecule has 0 aliphatic rings. The Balaban J connectivity index is 2.49. The van der Waals surface area contributed by atoms with E-state index >= 15 is 0 Å². The van der Waals surface area contributed by atoms with Gasteiger partial charge in [-0.2, -0.15) is 0 Å². The van der Waals surface area contributed by atoms with E-state index in [0.717, 1.165) is 22.0 Å². The maximum absolute atomic E-state index is 4.52. The van der Waals surface area contributed by atoms with Gasteiger partial charge in [0.1, 0.15) is 9.86 Å². The summed E-state index contributed by atoms with van der Waals surface area (Å²) in [6, 6.07) is 2.18. The van der Waals surface area contributed by atoms with Crippen LogP contribution in [0.4, 0.5) is 5.95 Å². The lowest BCUT2D eigenvalue weighted by Gasteiger charge is -2.04. The minimum Gasteiger partial charge on any atom is -0.357 e. The Morgan fingerprint density at radius 1 is 1.44 bits per heavy atom. The largest absolute Gasteiger partial charge is 0.357 e. The molecule has 2 heterocycles. The molecule has 0 saturated carbocycles. The second-order valence-electron chi connectivity index (χ2n) is 3.53. The molecule has 0 saturated heterocycles. The minimum absolute atomic E-state index is 0.716. The number of hydrogen-bond donors (Lipinski definition) is 1. The highest BCUT2D eigenvalue weighted by Gasteiger charge is 2.09. The van der Waals surface area contributed by atoms with Crippen molar-refractivity contribution in [1.82, 2.24) is 9.97 Å². The molecule has 2 rings (SSSR count). The first-order valence-corrected chi connectivity index (χ1v) is 7.13. The number of nitrogens with one attached hydrogen (secondary N) is 1. The monoisotopic (exact) mass is 253 g/mol. The van der Waals surface area contributed by atoms with Gasteiger partial charge in [-0.1, -0.05) is 6.92 Å². The normalized spacial score (nSPS) is 10.9. The first kappa shape index (κ1) is 11.7. The van der Waals surface area contributed by atoms with Crippen LogP contribution in [-0.2, 0) is 0 Å². The third kappa shape index (κ3) is 2.30. The van der Waals surface area contributed by atoms with Crippen LogP contribution in [0.15, 0.2) is 11.1 Å². The van der Waals surface area contributed by atoms with Gasteiger partial charge in [-0.25, -0.2) is 9.97 Å². The molecule has 16 heavy (non-hydrogen) atoms. The maximum atomic E-state index is 4.52. The summed E-state index contributed by atoms with van der Waals surface area (Å²) < 4.78 is 0. The van der Waals surface area contributed by atoms with Crippen molar-refractivity contribution in [3.63, 3.8) is 0 Å². The summed E-state index contributed by atoms with van der Waals surface area (Å²) in [6.45, 7) is 4.29. The lowest BCUT2D eigenvalue weighted by atomic mass is 10.4. The van der Waals surface area contributed by atoms with Crippen LogP contribution in [0.5, 0.6) is 0 Å². The Bertz CT molecular complexity index is 493. The van der Waals surface area contributed by atoms with Crippen LogP contribution >= 0.6 is 23.1 Å². The molecule has 0 bridgehead atoms. The Hall–Kier alpha value is -0.810. The van der Waals surface area contributed by atoms with Gasteiger partial charge in [-0.15, -0.1) is 23.1 Å². The Morgan fingerprint density at radius 2 is 2.25 bits per heavy atom. The lowest BCUT2D eigenvalue weighted by Crippen LogP contribution is -1.97. The summed E-state index contributed by atoms with van der Waals surface area (Å²) in [5, 5.41) is 5.31. The van der Waals surface area contributed by atoms with Crippen molar-refractivity contribution < 1.29 is 0 Å². The third-order valence-electron chi connectivity index (χ3n) is 2.15. The number of aryl methyl sites for hydroxylation is 1. The topological polar surface area (TPSA) is 37.8 Å². The molecule has 0 aliphatic carbocycles.